The fourth-order valence-electron chi connectivity index (χ4n) is 6.75. The molecule has 3 aliphatic heterocycles. The Morgan fingerprint density at radius 2 is 1.31 bits per heavy atom. The van der Waals surface area contributed by atoms with Crippen molar-refractivity contribution in [1.82, 2.24) is 14.7 Å². The largest absolute Gasteiger partial charge is 0.342 e. The molecule has 0 aliphatic carbocycles. The molecular formula is C31H37N3O2. The van der Waals surface area contributed by atoms with Crippen LogP contribution in [0.5, 0.6) is 0 Å². The monoisotopic (exact) mass is 483 g/mol. The standard InChI is InChI=1S/C31H37N3O2/c35-30(32-16-6-1-7-17-32)25-11-8-18-34(22-25)26-14-19-33(20-15-26)31(36)29-27-12-4-2-9-23(27)21-24-10-3-5-13-28(24)29/h2-5,9-10,12-13,21,25-26H,1,6-8,11,14-20,22H2. The number of amides is 2. The van der Waals surface area contributed by atoms with Gasteiger partial charge in [-0.1, -0.05) is 48.5 Å². The zero-order chi connectivity index (χ0) is 24.5. The lowest BCUT2D eigenvalue weighted by molar-refractivity contribution is -0.138. The highest BCUT2D eigenvalue weighted by atomic mass is 16.2. The molecule has 0 radical (unpaired) electrons. The Morgan fingerprint density at radius 1 is 0.667 bits per heavy atom. The first kappa shape index (κ1) is 23.5. The molecule has 3 aromatic rings. The maximum atomic E-state index is 13.9. The molecule has 0 aromatic heterocycles. The number of carbonyl (C=O) groups excluding carboxylic acids is 2. The fourth-order valence-corrected chi connectivity index (χ4v) is 6.75. The molecule has 0 saturated carbocycles. The van der Waals surface area contributed by atoms with Gasteiger partial charge in [0.25, 0.3) is 5.91 Å². The van der Waals surface area contributed by atoms with Crippen LogP contribution in [0.15, 0.2) is 54.6 Å². The van der Waals surface area contributed by atoms with Crippen LogP contribution in [-0.2, 0) is 4.79 Å². The first-order chi connectivity index (χ1) is 17.7. The average molecular weight is 484 g/mol. The molecule has 188 valence electrons. The van der Waals surface area contributed by atoms with Crippen LogP contribution in [0.1, 0.15) is 55.3 Å². The third-order valence-electron chi connectivity index (χ3n) is 8.72. The highest BCUT2D eigenvalue weighted by molar-refractivity contribution is 6.18. The van der Waals surface area contributed by atoms with Crippen molar-refractivity contribution in [3.05, 3.63) is 60.2 Å². The first-order valence-corrected chi connectivity index (χ1v) is 13.9. The van der Waals surface area contributed by atoms with E-state index in [1.807, 2.05) is 24.3 Å². The summed E-state index contributed by atoms with van der Waals surface area (Å²) >= 11 is 0. The Hall–Kier alpha value is -2.92. The van der Waals surface area contributed by atoms with Crippen LogP contribution < -0.4 is 0 Å². The van der Waals surface area contributed by atoms with E-state index in [0.717, 1.165) is 105 Å². The minimum absolute atomic E-state index is 0.151. The Kier molecular flexibility index (Phi) is 6.66. The number of nitrogens with zero attached hydrogens (tertiary/aromatic N) is 3. The minimum Gasteiger partial charge on any atom is -0.342 e. The van der Waals surface area contributed by atoms with Crippen LogP contribution in [0.4, 0.5) is 0 Å². The van der Waals surface area contributed by atoms with Crippen molar-refractivity contribution >= 4 is 33.4 Å². The van der Waals surface area contributed by atoms with Gasteiger partial charge in [0.15, 0.2) is 0 Å². The molecular weight excluding hydrogens is 446 g/mol. The molecule has 2 amide bonds. The van der Waals surface area contributed by atoms with E-state index in [-0.39, 0.29) is 11.8 Å². The Balaban J connectivity index is 1.15. The molecule has 0 spiro atoms. The van der Waals surface area contributed by atoms with Gasteiger partial charge < -0.3 is 9.80 Å². The van der Waals surface area contributed by atoms with Crippen molar-refractivity contribution < 1.29 is 9.59 Å². The van der Waals surface area contributed by atoms with E-state index in [4.69, 9.17) is 0 Å². The third kappa shape index (κ3) is 4.50. The number of likely N-dealkylation sites (tertiary alicyclic amines) is 3. The summed E-state index contributed by atoms with van der Waals surface area (Å²) in [6, 6.07) is 19.1. The molecule has 1 atom stereocenters. The fraction of sp³-hybridized carbons (Fsp3) is 0.484. The van der Waals surface area contributed by atoms with Gasteiger partial charge in [-0.25, -0.2) is 0 Å². The van der Waals surface area contributed by atoms with Crippen molar-refractivity contribution in [3.8, 4) is 0 Å². The van der Waals surface area contributed by atoms with Crippen LogP contribution in [0.2, 0.25) is 0 Å². The lowest BCUT2D eigenvalue weighted by atomic mass is 9.91. The predicted octanol–water partition coefficient (Wildman–Crippen LogP) is 5.32. The molecule has 36 heavy (non-hydrogen) atoms. The second-order valence-electron chi connectivity index (χ2n) is 10.9. The van der Waals surface area contributed by atoms with Gasteiger partial charge in [-0.05, 0) is 79.1 Å². The molecule has 3 aliphatic rings. The molecule has 5 nitrogen and oxygen atoms in total. The third-order valence-corrected chi connectivity index (χ3v) is 8.72. The molecule has 1 unspecified atom stereocenters. The zero-order valence-corrected chi connectivity index (χ0v) is 21.2. The summed E-state index contributed by atoms with van der Waals surface area (Å²) < 4.78 is 0. The van der Waals surface area contributed by atoms with Crippen LogP contribution in [0.3, 0.4) is 0 Å². The number of carbonyl (C=O) groups is 2. The minimum atomic E-state index is 0.151. The van der Waals surface area contributed by atoms with E-state index in [9.17, 15) is 9.59 Å². The highest BCUT2D eigenvalue weighted by Crippen LogP contribution is 2.31. The van der Waals surface area contributed by atoms with Crippen LogP contribution in [0.25, 0.3) is 21.5 Å². The van der Waals surface area contributed by atoms with Crippen molar-refractivity contribution in [3.63, 3.8) is 0 Å². The average Bonchev–Trinajstić information content (AvgIpc) is 2.96. The van der Waals surface area contributed by atoms with Crippen molar-refractivity contribution in [2.45, 2.75) is 51.0 Å². The topological polar surface area (TPSA) is 43.9 Å². The molecule has 3 heterocycles. The van der Waals surface area contributed by atoms with Crippen molar-refractivity contribution in [2.24, 2.45) is 5.92 Å². The first-order valence-electron chi connectivity index (χ1n) is 13.9. The lowest BCUT2D eigenvalue weighted by Crippen LogP contribution is -2.52. The lowest BCUT2D eigenvalue weighted by Gasteiger charge is -2.43. The van der Waals surface area contributed by atoms with Gasteiger partial charge in [-0.3, -0.25) is 14.5 Å². The second-order valence-corrected chi connectivity index (χ2v) is 10.9. The van der Waals surface area contributed by atoms with Crippen molar-refractivity contribution in [1.29, 1.82) is 0 Å². The molecule has 3 aromatic carbocycles. The summed E-state index contributed by atoms with van der Waals surface area (Å²) in [6.07, 6.45) is 7.66. The summed E-state index contributed by atoms with van der Waals surface area (Å²) in [5.74, 6) is 0.687. The Labute approximate surface area is 214 Å². The SMILES string of the molecule is O=C(c1c2ccccc2cc2ccccc12)N1CCC(N2CCCC(C(=O)N3CCCCC3)C2)CC1. The molecule has 0 N–H and O–H groups in total. The summed E-state index contributed by atoms with van der Waals surface area (Å²) in [6.45, 7) is 5.42. The molecule has 3 fully saturated rings. The van der Waals surface area contributed by atoms with Gasteiger partial charge >= 0.3 is 0 Å². The van der Waals surface area contributed by atoms with Gasteiger partial charge in [0, 0.05) is 38.8 Å². The number of benzene rings is 3. The van der Waals surface area contributed by atoms with E-state index in [1.165, 1.54) is 6.42 Å². The van der Waals surface area contributed by atoms with Crippen LogP contribution >= 0.6 is 0 Å². The predicted molar refractivity (Wildman–Crippen MR) is 145 cm³/mol. The maximum Gasteiger partial charge on any atom is 0.255 e. The number of hydrogen-bond acceptors (Lipinski definition) is 3. The van der Waals surface area contributed by atoms with Gasteiger partial charge in [-0.2, -0.15) is 0 Å². The maximum absolute atomic E-state index is 13.9. The highest BCUT2D eigenvalue weighted by Gasteiger charge is 2.35. The van der Waals surface area contributed by atoms with Crippen LogP contribution in [-0.4, -0.2) is 71.8 Å². The van der Waals surface area contributed by atoms with Gasteiger partial charge in [0.1, 0.15) is 0 Å². The number of fused-ring (bicyclic) bond motifs is 2. The van der Waals surface area contributed by atoms with Gasteiger partial charge in [-0.15, -0.1) is 0 Å². The number of rotatable bonds is 3. The molecule has 3 saturated heterocycles. The van der Waals surface area contributed by atoms with E-state index < -0.39 is 0 Å². The second kappa shape index (κ2) is 10.2. The Morgan fingerprint density at radius 3 is 1.97 bits per heavy atom. The molecule has 5 heteroatoms. The quantitative estimate of drug-likeness (QED) is 0.474. The summed E-state index contributed by atoms with van der Waals surface area (Å²) in [5.41, 5.74) is 0.840. The molecule has 0 bridgehead atoms. The van der Waals surface area contributed by atoms with E-state index >= 15 is 0 Å². The molecule has 6 rings (SSSR count). The van der Waals surface area contributed by atoms with Crippen LogP contribution in [0, 0.1) is 5.92 Å². The Bertz CT molecular complexity index is 1200. The van der Waals surface area contributed by atoms with E-state index in [1.54, 1.807) is 0 Å². The normalized spacial score (nSPS) is 22.3. The number of hydrogen-bond donors (Lipinski definition) is 0. The van der Waals surface area contributed by atoms with E-state index in [0.29, 0.717) is 11.9 Å². The smallest absolute Gasteiger partial charge is 0.255 e. The summed E-state index contributed by atoms with van der Waals surface area (Å²) in [7, 11) is 0. The summed E-state index contributed by atoms with van der Waals surface area (Å²) in [5, 5.41) is 4.32. The van der Waals surface area contributed by atoms with Gasteiger partial charge in [0.2, 0.25) is 5.91 Å². The van der Waals surface area contributed by atoms with Gasteiger partial charge in [0.05, 0.1) is 11.5 Å². The van der Waals surface area contributed by atoms with Crippen molar-refractivity contribution in [2.75, 3.05) is 39.3 Å². The van der Waals surface area contributed by atoms with E-state index in [2.05, 4.69) is 45.0 Å². The zero-order valence-electron chi connectivity index (χ0n) is 21.2. The summed E-state index contributed by atoms with van der Waals surface area (Å²) in [4.78, 5) is 33.8. The number of piperidine rings is 3.